The first kappa shape index (κ1) is 14.2. The molecule has 0 bridgehead atoms. The largest absolute Gasteiger partial charge is 0.351 e. The molecule has 0 heterocycles. The molecule has 0 fully saturated rings. The number of carbonyl (C=O) groups excluding carboxylic acids is 1. The van der Waals surface area contributed by atoms with Crippen molar-refractivity contribution < 1.29 is 9.18 Å². The van der Waals surface area contributed by atoms with Crippen molar-refractivity contribution in [3.63, 3.8) is 0 Å². The van der Waals surface area contributed by atoms with Crippen molar-refractivity contribution in [2.75, 3.05) is 5.33 Å². The summed E-state index contributed by atoms with van der Waals surface area (Å²) in [4.78, 5) is 11.8. The van der Waals surface area contributed by atoms with Crippen LogP contribution < -0.4 is 5.32 Å². The van der Waals surface area contributed by atoms with Crippen LogP contribution in [0.3, 0.4) is 0 Å². The molecule has 0 aliphatic rings. The minimum absolute atomic E-state index is 0.0393. The van der Waals surface area contributed by atoms with Crippen LogP contribution in [0, 0.1) is 5.82 Å². The summed E-state index contributed by atoms with van der Waals surface area (Å²) in [5.41, 5.74) is 0.596. The lowest BCUT2D eigenvalue weighted by molar-refractivity contribution is -0.122. The summed E-state index contributed by atoms with van der Waals surface area (Å²) in [6, 6.07) is 6.00. The Bertz CT molecular complexity index is 376. The van der Waals surface area contributed by atoms with E-state index < -0.39 is 0 Å². The minimum Gasteiger partial charge on any atom is -0.351 e. The monoisotopic (exact) mass is 301 g/mol. The molecule has 0 atom stereocenters. The van der Waals surface area contributed by atoms with Crippen LogP contribution >= 0.6 is 15.9 Å². The van der Waals surface area contributed by atoms with E-state index in [1.807, 2.05) is 13.8 Å². The van der Waals surface area contributed by atoms with Gasteiger partial charge in [0.25, 0.3) is 0 Å². The highest BCUT2D eigenvalue weighted by molar-refractivity contribution is 9.09. The van der Waals surface area contributed by atoms with Gasteiger partial charge in [0.05, 0.1) is 6.42 Å². The zero-order valence-electron chi connectivity index (χ0n) is 10.1. The number of alkyl halides is 1. The Balaban J connectivity index is 2.52. The number of rotatable bonds is 5. The van der Waals surface area contributed by atoms with Gasteiger partial charge in [-0.2, -0.15) is 0 Å². The molecule has 0 aliphatic heterocycles. The van der Waals surface area contributed by atoms with E-state index in [2.05, 4.69) is 21.2 Å². The Morgan fingerprint density at radius 1 is 1.35 bits per heavy atom. The average molecular weight is 302 g/mol. The Labute approximate surface area is 110 Å². The second-order valence-corrected chi connectivity index (χ2v) is 5.47. The maximum Gasteiger partial charge on any atom is 0.224 e. The second-order valence-electron chi connectivity index (χ2n) is 4.67. The summed E-state index contributed by atoms with van der Waals surface area (Å²) < 4.78 is 12.7. The lowest BCUT2D eigenvalue weighted by Crippen LogP contribution is -2.44. The quantitative estimate of drug-likeness (QED) is 0.832. The van der Waals surface area contributed by atoms with E-state index >= 15 is 0 Å². The topological polar surface area (TPSA) is 29.1 Å². The van der Waals surface area contributed by atoms with Crippen LogP contribution in [0.25, 0.3) is 0 Å². The average Bonchev–Trinajstić information content (AvgIpc) is 2.20. The molecule has 0 saturated heterocycles. The summed E-state index contributed by atoms with van der Waals surface area (Å²) in [7, 11) is 0. The molecule has 0 aromatic heterocycles. The number of halogens is 2. The third-order valence-corrected chi connectivity index (χ3v) is 2.87. The molecule has 1 aromatic carbocycles. The Morgan fingerprint density at radius 2 is 1.94 bits per heavy atom. The predicted molar refractivity (Wildman–Crippen MR) is 70.7 cm³/mol. The first-order valence-electron chi connectivity index (χ1n) is 5.54. The SMILES string of the molecule is CC(C)(CCBr)NC(=O)Cc1ccc(F)cc1. The zero-order chi connectivity index (χ0) is 12.9. The first-order valence-corrected chi connectivity index (χ1v) is 6.66. The normalized spacial score (nSPS) is 11.3. The fourth-order valence-electron chi connectivity index (χ4n) is 1.51. The molecule has 1 aromatic rings. The molecule has 4 heteroatoms. The van der Waals surface area contributed by atoms with Gasteiger partial charge < -0.3 is 5.32 Å². The molecule has 2 nitrogen and oxygen atoms in total. The maximum absolute atomic E-state index is 12.7. The number of hydrogen-bond acceptors (Lipinski definition) is 1. The van der Waals surface area contributed by atoms with Crippen LogP contribution in [-0.2, 0) is 11.2 Å². The smallest absolute Gasteiger partial charge is 0.224 e. The van der Waals surface area contributed by atoms with E-state index in [4.69, 9.17) is 0 Å². The van der Waals surface area contributed by atoms with Gasteiger partial charge in [0.15, 0.2) is 0 Å². The molecule has 0 radical (unpaired) electrons. The molecular formula is C13H17BrFNO. The van der Waals surface area contributed by atoms with Crippen molar-refractivity contribution in [3.05, 3.63) is 35.6 Å². The van der Waals surface area contributed by atoms with Crippen LogP contribution in [0.5, 0.6) is 0 Å². The van der Waals surface area contributed by atoms with Crippen LogP contribution in [0.4, 0.5) is 4.39 Å². The van der Waals surface area contributed by atoms with Gasteiger partial charge in [-0.1, -0.05) is 28.1 Å². The fraction of sp³-hybridized carbons (Fsp3) is 0.462. The summed E-state index contributed by atoms with van der Waals surface area (Å²) in [5.74, 6) is -0.323. The lowest BCUT2D eigenvalue weighted by Gasteiger charge is -2.25. The van der Waals surface area contributed by atoms with Gasteiger partial charge in [0.1, 0.15) is 5.82 Å². The number of nitrogens with one attached hydrogen (secondary N) is 1. The molecular weight excluding hydrogens is 285 g/mol. The number of carbonyl (C=O) groups is 1. The van der Waals surface area contributed by atoms with Crippen LogP contribution in [0.2, 0.25) is 0 Å². The van der Waals surface area contributed by atoms with Crippen molar-refractivity contribution in [1.82, 2.24) is 5.32 Å². The summed E-state index contributed by atoms with van der Waals surface area (Å²) in [6.45, 7) is 3.97. The van der Waals surface area contributed by atoms with Crippen molar-refractivity contribution in [2.24, 2.45) is 0 Å². The van der Waals surface area contributed by atoms with E-state index in [9.17, 15) is 9.18 Å². The van der Waals surface area contributed by atoms with E-state index in [0.717, 1.165) is 17.3 Å². The second kappa shape index (κ2) is 6.15. The third-order valence-electron chi connectivity index (χ3n) is 2.48. The molecule has 17 heavy (non-hydrogen) atoms. The highest BCUT2D eigenvalue weighted by atomic mass is 79.9. The van der Waals surface area contributed by atoms with E-state index in [1.165, 1.54) is 12.1 Å². The molecule has 0 saturated carbocycles. The predicted octanol–water partition coefficient (Wildman–Crippen LogP) is 3.05. The number of benzene rings is 1. The van der Waals surface area contributed by atoms with Gasteiger partial charge in [0, 0.05) is 10.9 Å². The van der Waals surface area contributed by atoms with Crippen molar-refractivity contribution >= 4 is 21.8 Å². The van der Waals surface area contributed by atoms with Gasteiger partial charge in [-0.25, -0.2) is 4.39 Å². The Hall–Kier alpha value is -0.900. The van der Waals surface area contributed by atoms with Crippen molar-refractivity contribution in [3.8, 4) is 0 Å². The van der Waals surface area contributed by atoms with Gasteiger partial charge in [-0.05, 0) is 38.0 Å². The first-order chi connectivity index (χ1) is 7.93. The van der Waals surface area contributed by atoms with Gasteiger partial charge in [-0.3, -0.25) is 4.79 Å². The van der Waals surface area contributed by atoms with E-state index in [0.29, 0.717) is 0 Å². The van der Waals surface area contributed by atoms with Crippen LogP contribution in [-0.4, -0.2) is 16.8 Å². The van der Waals surface area contributed by atoms with Crippen molar-refractivity contribution in [2.45, 2.75) is 32.2 Å². The molecule has 94 valence electrons. The highest BCUT2D eigenvalue weighted by Crippen LogP contribution is 2.11. The standard InChI is InChI=1S/C13H17BrFNO/c1-13(2,7-8-14)16-12(17)9-10-3-5-11(15)6-4-10/h3-6H,7-9H2,1-2H3,(H,16,17). The molecule has 1 N–H and O–H groups in total. The molecule has 0 aliphatic carbocycles. The number of hydrogen-bond donors (Lipinski definition) is 1. The highest BCUT2D eigenvalue weighted by Gasteiger charge is 2.19. The van der Waals surface area contributed by atoms with E-state index in [1.54, 1.807) is 12.1 Å². The zero-order valence-corrected chi connectivity index (χ0v) is 11.7. The maximum atomic E-state index is 12.7. The van der Waals surface area contributed by atoms with Crippen molar-refractivity contribution in [1.29, 1.82) is 0 Å². The van der Waals surface area contributed by atoms with Crippen LogP contribution in [0.1, 0.15) is 25.8 Å². The van der Waals surface area contributed by atoms with Gasteiger partial charge in [-0.15, -0.1) is 0 Å². The summed E-state index contributed by atoms with van der Waals surface area (Å²) >= 11 is 3.36. The Morgan fingerprint density at radius 3 is 2.47 bits per heavy atom. The van der Waals surface area contributed by atoms with Gasteiger partial charge >= 0.3 is 0 Å². The van der Waals surface area contributed by atoms with E-state index in [-0.39, 0.29) is 23.7 Å². The lowest BCUT2D eigenvalue weighted by atomic mass is 10.0. The molecule has 0 unspecified atom stereocenters. The fourth-order valence-corrected chi connectivity index (χ4v) is 2.50. The van der Waals surface area contributed by atoms with Gasteiger partial charge in [0.2, 0.25) is 5.91 Å². The molecule has 1 rings (SSSR count). The Kier molecular flexibility index (Phi) is 5.12. The molecule has 1 amide bonds. The summed E-state index contributed by atoms with van der Waals surface area (Å²) in [5, 5.41) is 3.80. The number of amides is 1. The minimum atomic E-state index is -0.284. The summed E-state index contributed by atoms with van der Waals surface area (Å²) in [6.07, 6.45) is 1.15. The van der Waals surface area contributed by atoms with Crippen LogP contribution in [0.15, 0.2) is 24.3 Å². The third kappa shape index (κ3) is 5.31. The molecule has 0 spiro atoms.